The number of halogens is 2. The van der Waals surface area contributed by atoms with E-state index in [1.165, 1.54) is 6.20 Å². The Balaban J connectivity index is 1.51. The molecule has 0 amide bonds. The van der Waals surface area contributed by atoms with Crippen molar-refractivity contribution in [2.75, 3.05) is 50.9 Å². The molecule has 0 aromatic carbocycles. The van der Waals surface area contributed by atoms with Crippen molar-refractivity contribution in [3.05, 3.63) is 17.2 Å². The minimum absolute atomic E-state index is 0.0273. The zero-order valence-electron chi connectivity index (χ0n) is 16.7. The minimum Gasteiger partial charge on any atom is -0.461 e. The van der Waals surface area contributed by atoms with Gasteiger partial charge in [-0.15, -0.1) is 0 Å². The number of aliphatic hydroxyl groups excluding tert-OH is 1. The Morgan fingerprint density at radius 3 is 2.87 bits per heavy atom. The molecule has 8 nitrogen and oxygen atoms in total. The van der Waals surface area contributed by atoms with Crippen molar-refractivity contribution < 1.29 is 19.0 Å². The Kier molecular flexibility index (Phi) is 5.38. The van der Waals surface area contributed by atoms with Gasteiger partial charge < -0.3 is 19.5 Å². The third kappa shape index (κ3) is 3.57. The number of anilines is 1. The molecule has 0 unspecified atom stereocenters. The lowest BCUT2D eigenvalue weighted by Crippen LogP contribution is -2.43. The lowest BCUT2D eigenvalue weighted by atomic mass is 9.95. The molecule has 0 bridgehead atoms. The summed E-state index contributed by atoms with van der Waals surface area (Å²) >= 11 is 5.91. The number of aromatic nitrogens is 3. The highest BCUT2D eigenvalue weighted by Crippen LogP contribution is 2.39. The van der Waals surface area contributed by atoms with E-state index < -0.39 is 11.9 Å². The molecule has 3 fully saturated rings. The molecule has 3 aliphatic rings. The Bertz CT molecular complexity index is 938. The van der Waals surface area contributed by atoms with Crippen LogP contribution in [-0.2, 0) is 4.74 Å². The standard InChI is InChI=1S/C20H25ClFN5O3/c21-17-15(22)16-14(9-23-17)18(26-7-8-29-11-13(28)10-26)25-19(24-16)30-12-20-3-1-5-27(20)6-2-4-20/h9,13,28H,1-8,10-12H2/t13-/m0/s1. The molecule has 1 N–H and O–H groups in total. The van der Waals surface area contributed by atoms with Crippen LogP contribution in [0, 0.1) is 5.82 Å². The van der Waals surface area contributed by atoms with Crippen LogP contribution in [0.2, 0.25) is 5.15 Å². The second kappa shape index (κ2) is 8.03. The summed E-state index contributed by atoms with van der Waals surface area (Å²) in [6.07, 6.45) is 5.30. The summed E-state index contributed by atoms with van der Waals surface area (Å²) in [4.78, 5) is 17.2. The van der Waals surface area contributed by atoms with Gasteiger partial charge in [0.1, 0.15) is 17.9 Å². The molecule has 2 aromatic rings. The highest BCUT2D eigenvalue weighted by Gasteiger charge is 2.45. The van der Waals surface area contributed by atoms with Crippen molar-refractivity contribution in [1.29, 1.82) is 0 Å². The summed E-state index contributed by atoms with van der Waals surface area (Å²) in [6, 6.07) is 0.117. The summed E-state index contributed by atoms with van der Waals surface area (Å²) in [5, 5.41) is 10.3. The third-order valence-electron chi connectivity index (χ3n) is 6.43. The maximum atomic E-state index is 14.8. The fraction of sp³-hybridized carbons (Fsp3) is 0.650. The van der Waals surface area contributed by atoms with Crippen LogP contribution in [0.1, 0.15) is 25.7 Å². The van der Waals surface area contributed by atoms with Gasteiger partial charge >= 0.3 is 6.01 Å². The molecule has 162 valence electrons. The first-order valence-corrected chi connectivity index (χ1v) is 10.8. The van der Waals surface area contributed by atoms with E-state index >= 15 is 0 Å². The van der Waals surface area contributed by atoms with Crippen LogP contribution in [-0.4, -0.2) is 82.6 Å². The number of hydrogen-bond donors (Lipinski definition) is 1. The van der Waals surface area contributed by atoms with E-state index in [4.69, 9.17) is 21.1 Å². The van der Waals surface area contributed by atoms with Crippen LogP contribution >= 0.6 is 11.6 Å². The Hall–Kier alpha value is -1.81. The van der Waals surface area contributed by atoms with Crippen molar-refractivity contribution in [2.24, 2.45) is 0 Å². The monoisotopic (exact) mass is 437 g/mol. The largest absolute Gasteiger partial charge is 0.461 e. The molecular formula is C20H25ClFN5O3. The fourth-order valence-electron chi connectivity index (χ4n) is 4.95. The molecule has 0 aliphatic carbocycles. The summed E-state index contributed by atoms with van der Waals surface area (Å²) < 4.78 is 26.3. The predicted octanol–water partition coefficient (Wildman–Crippen LogP) is 2.02. The molecule has 1 atom stereocenters. The van der Waals surface area contributed by atoms with Crippen LogP contribution in [0.5, 0.6) is 6.01 Å². The first-order valence-electron chi connectivity index (χ1n) is 10.5. The smallest absolute Gasteiger partial charge is 0.319 e. The average molecular weight is 438 g/mol. The van der Waals surface area contributed by atoms with Gasteiger partial charge in [-0.05, 0) is 38.8 Å². The normalized spacial score (nSPS) is 24.2. The van der Waals surface area contributed by atoms with Gasteiger partial charge in [-0.25, -0.2) is 9.37 Å². The van der Waals surface area contributed by atoms with Crippen molar-refractivity contribution in [2.45, 2.75) is 37.3 Å². The quantitative estimate of drug-likeness (QED) is 0.727. The minimum atomic E-state index is -0.698. The zero-order valence-corrected chi connectivity index (χ0v) is 17.4. The average Bonchev–Trinajstić information content (AvgIpc) is 3.24. The molecule has 5 rings (SSSR count). The number of pyridine rings is 1. The van der Waals surface area contributed by atoms with E-state index in [2.05, 4.69) is 19.9 Å². The van der Waals surface area contributed by atoms with Gasteiger partial charge in [-0.3, -0.25) is 4.90 Å². The molecule has 10 heteroatoms. The van der Waals surface area contributed by atoms with Gasteiger partial charge in [-0.1, -0.05) is 11.6 Å². The highest BCUT2D eigenvalue weighted by atomic mass is 35.5. The fourth-order valence-corrected chi connectivity index (χ4v) is 5.09. The van der Waals surface area contributed by atoms with Crippen LogP contribution < -0.4 is 9.64 Å². The third-order valence-corrected chi connectivity index (χ3v) is 6.69. The van der Waals surface area contributed by atoms with Gasteiger partial charge in [0.25, 0.3) is 0 Å². The van der Waals surface area contributed by atoms with E-state index in [9.17, 15) is 9.50 Å². The number of fused-ring (bicyclic) bond motifs is 2. The Labute approximate surface area is 179 Å². The predicted molar refractivity (Wildman–Crippen MR) is 110 cm³/mol. The lowest BCUT2D eigenvalue weighted by Gasteiger charge is -2.31. The van der Waals surface area contributed by atoms with Crippen LogP contribution in [0.3, 0.4) is 0 Å². The molecule has 2 aromatic heterocycles. The van der Waals surface area contributed by atoms with Crippen molar-refractivity contribution >= 4 is 28.3 Å². The molecular weight excluding hydrogens is 413 g/mol. The van der Waals surface area contributed by atoms with Crippen LogP contribution in [0.4, 0.5) is 10.2 Å². The summed E-state index contributed by atoms with van der Waals surface area (Å²) in [6.45, 7) is 4.16. The van der Waals surface area contributed by atoms with Gasteiger partial charge in [0.2, 0.25) is 0 Å². The van der Waals surface area contributed by atoms with Crippen LogP contribution in [0.15, 0.2) is 6.20 Å². The van der Waals surface area contributed by atoms with Crippen molar-refractivity contribution in [3.63, 3.8) is 0 Å². The number of aliphatic hydroxyl groups is 1. The van der Waals surface area contributed by atoms with Crippen molar-refractivity contribution in [1.82, 2.24) is 19.9 Å². The SMILES string of the molecule is O[C@@H]1COCCN(c2nc(OCC34CCCN3CCC4)nc3c(F)c(Cl)ncc23)C1. The molecule has 3 saturated heterocycles. The first-order chi connectivity index (χ1) is 14.6. The van der Waals surface area contributed by atoms with Gasteiger partial charge in [0.05, 0.1) is 30.2 Å². The summed E-state index contributed by atoms with van der Waals surface area (Å²) in [5.74, 6) is -0.231. The summed E-state index contributed by atoms with van der Waals surface area (Å²) in [5.41, 5.74) is 0.0985. The van der Waals surface area contributed by atoms with Gasteiger partial charge in [0.15, 0.2) is 11.0 Å². The molecule has 5 heterocycles. The van der Waals surface area contributed by atoms with E-state index in [1.54, 1.807) is 0 Å². The number of hydrogen-bond acceptors (Lipinski definition) is 8. The lowest BCUT2D eigenvalue weighted by molar-refractivity contribution is 0.0597. The molecule has 0 radical (unpaired) electrons. The van der Waals surface area contributed by atoms with Crippen LogP contribution in [0.25, 0.3) is 10.9 Å². The molecule has 30 heavy (non-hydrogen) atoms. The first kappa shape index (κ1) is 20.1. The van der Waals surface area contributed by atoms with Crippen molar-refractivity contribution in [3.8, 4) is 6.01 Å². The zero-order chi connectivity index (χ0) is 20.7. The maximum absolute atomic E-state index is 14.8. The highest BCUT2D eigenvalue weighted by molar-refractivity contribution is 6.30. The number of ether oxygens (including phenoxy) is 2. The number of nitrogens with zero attached hydrogens (tertiary/aromatic N) is 5. The van der Waals surface area contributed by atoms with Gasteiger partial charge in [0, 0.05) is 19.3 Å². The summed E-state index contributed by atoms with van der Waals surface area (Å²) in [7, 11) is 0. The number of rotatable bonds is 4. The van der Waals surface area contributed by atoms with E-state index in [-0.39, 0.29) is 28.8 Å². The second-order valence-corrected chi connectivity index (χ2v) is 8.69. The van der Waals surface area contributed by atoms with E-state index in [0.29, 0.717) is 37.5 Å². The van der Waals surface area contributed by atoms with E-state index in [1.807, 2.05) is 4.90 Å². The second-order valence-electron chi connectivity index (χ2n) is 8.34. The Morgan fingerprint density at radius 1 is 1.27 bits per heavy atom. The maximum Gasteiger partial charge on any atom is 0.319 e. The number of β-amino-alcohol motifs (C(OH)–C–C–N with tert-alkyl or cyclic N) is 1. The van der Waals surface area contributed by atoms with Gasteiger partial charge in [-0.2, -0.15) is 9.97 Å². The Morgan fingerprint density at radius 2 is 2.07 bits per heavy atom. The van der Waals surface area contributed by atoms with E-state index in [0.717, 1.165) is 38.8 Å². The molecule has 0 saturated carbocycles. The molecule has 3 aliphatic heterocycles. The topological polar surface area (TPSA) is 83.8 Å². The molecule has 0 spiro atoms.